The molecule has 39 heavy (non-hydrogen) atoms. The number of Topliss-reactive ketones (excluding diaryl/α,β-unsaturated/α-hetero) is 2. The van der Waals surface area contributed by atoms with Crippen molar-refractivity contribution in [1.82, 2.24) is 4.98 Å². The van der Waals surface area contributed by atoms with Crippen molar-refractivity contribution in [1.29, 1.82) is 0 Å². The van der Waals surface area contributed by atoms with Gasteiger partial charge in [-0.05, 0) is 53.9 Å². The molecule has 0 saturated carbocycles. The summed E-state index contributed by atoms with van der Waals surface area (Å²) < 4.78 is 5.76. The van der Waals surface area contributed by atoms with Crippen molar-refractivity contribution in [3.8, 4) is 0 Å². The van der Waals surface area contributed by atoms with E-state index in [0.717, 1.165) is 42.9 Å². The van der Waals surface area contributed by atoms with E-state index in [2.05, 4.69) is 16.8 Å². The van der Waals surface area contributed by atoms with Gasteiger partial charge in [0.2, 0.25) is 0 Å². The SMILES string of the molecule is CCC1CN(c2ccc(C(=O)Cc3ccc(C(=O)c4ccc(CC(=O)c5ccc[nH]5)cc4)cc3)cc2)CCO1. The van der Waals surface area contributed by atoms with Gasteiger partial charge < -0.3 is 14.6 Å². The number of hydrogen-bond donors (Lipinski definition) is 1. The molecule has 4 aromatic rings. The van der Waals surface area contributed by atoms with Gasteiger partial charge in [0.1, 0.15) is 0 Å². The second-order valence-electron chi connectivity index (χ2n) is 9.90. The Morgan fingerprint density at radius 3 is 1.95 bits per heavy atom. The molecule has 1 aliphatic rings. The Hall–Kier alpha value is -4.29. The van der Waals surface area contributed by atoms with Gasteiger partial charge in [-0.25, -0.2) is 0 Å². The zero-order chi connectivity index (χ0) is 27.2. The topological polar surface area (TPSA) is 79.5 Å². The standard InChI is InChI=1S/C33H32N2O4/c1-2-29-22-35(18-19-39-29)28-15-13-25(14-16-28)31(36)20-23-5-9-26(10-6-23)33(38)27-11-7-24(8-12-27)21-32(37)30-4-3-17-34-30/h3-17,29,34H,2,18-22H2,1H3. The van der Waals surface area contributed by atoms with E-state index in [0.29, 0.717) is 22.4 Å². The van der Waals surface area contributed by atoms with Crippen LogP contribution in [0.15, 0.2) is 91.1 Å². The van der Waals surface area contributed by atoms with Crippen molar-refractivity contribution in [3.05, 3.63) is 125 Å². The Kier molecular flexibility index (Phi) is 8.13. The lowest BCUT2D eigenvalue weighted by Crippen LogP contribution is -2.42. The first-order valence-electron chi connectivity index (χ1n) is 13.4. The molecule has 1 saturated heterocycles. The smallest absolute Gasteiger partial charge is 0.193 e. The lowest BCUT2D eigenvalue weighted by Gasteiger charge is -2.34. The van der Waals surface area contributed by atoms with Crippen LogP contribution in [0.1, 0.15) is 61.2 Å². The molecule has 1 N–H and O–H groups in total. The zero-order valence-corrected chi connectivity index (χ0v) is 22.1. The van der Waals surface area contributed by atoms with Gasteiger partial charge in [0.15, 0.2) is 17.3 Å². The van der Waals surface area contributed by atoms with E-state index < -0.39 is 0 Å². The summed E-state index contributed by atoms with van der Waals surface area (Å²) in [6.07, 6.45) is 3.50. The Labute approximate surface area is 228 Å². The fourth-order valence-electron chi connectivity index (χ4n) is 4.85. The summed E-state index contributed by atoms with van der Waals surface area (Å²) in [5.74, 6) is -0.0555. The van der Waals surface area contributed by atoms with Crippen molar-refractivity contribution in [3.63, 3.8) is 0 Å². The molecule has 5 rings (SSSR count). The van der Waals surface area contributed by atoms with Gasteiger partial charge in [-0.15, -0.1) is 0 Å². The van der Waals surface area contributed by atoms with Crippen LogP contribution in [0.25, 0.3) is 0 Å². The fourth-order valence-corrected chi connectivity index (χ4v) is 4.85. The molecule has 0 radical (unpaired) electrons. The zero-order valence-electron chi connectivity index (χ0n) is 22.1. The van der Waals surface area contributed by atoms with Crippen LogP contribution in [0.3, 0.4) is 0 Å². The summed E-state index contributed by atoms with van der Waals surface area (Å²) in [7, 11) is 0. The second-order valence-corrected chi connectivity index (χ2v) is 9.90. The van der Waals surface area contributed by atoms with Crippen LogP contribution < -0.4 is 4.90 Å². The molecule has 2 heterocycles. The highest BCUT2D eigenvalue weighted by molar-refractivity contribution is 6.09. The Bertz CT molecular complexity index is 1420. The second kappa shape index (κ2) is 12.0. The van der Waals surface area contributed by atoms with Gasteiger partial charge in [-0.3, -0.25) is 14.4 Å². The molecule has 1 aliphatic heterocycles. The number of aromatic nitrogens is 1. The number of carbonyl (C=O) groups excluding carboxylic acids is 3. The lowest BCUT2D eigenvalue weighted by atomic mass is 9.97. The number of morpholine rings is 1. The fraction of sp³-hybridized carbons (Fsp3) is 0.242. The normalized spacial score (nSPS) is 15.2. The summed E-state index contributed by atoms with van der Waals surface area (Å²) in [6.45, 7) is 4.57. The number of nitrogens with zero attached hydrogens (tertiary/aromatic N) is 1. The van der Waals surface area contributed by atoms with E-state index in [1.54, 1.807) is 42.6 Å². The van der Waals surface area contributed by atoms with E-state index >= 15 is 0 Å². The maximum atomic E-state index is 13.0. The average molecular weight is 521 g/mol. The number of nitrogens with one attached hydrogen (secondary N) is 1. The van der Waals surface area contributed by atoms with Crippen molar-refractivity contribution in [2.24, 2.45) is 0 Å². The number of aromatic amines is 1. The highest BCUT2D eigenvalue weighted by Gasteiger charge is 2.19. The first-order chi connectivity index (χ1) is 19.0. The van der Waals surface area contributed by atoms with Crippen LogP contribution in [-0.4, -0.2) is 48.1 Å². The molecule has 0 bridgehead atoms. The van der Waals surface area contributed by atoms with Crippen LogP contribution in [0, 0.1) is 0 Å². The molecule has 6 nitrogen and oxygen atoms in total. The Morgan fingerprint density at radius 1 is 0.795 bits per heavy atom. The molecule has 1 atom stereocenters. The van der Waals surface area contributed by atoms with Crippen molar-refractivity contribution in [2.75, 3.05) is 24.6 Å². The molecule has 1 fully saturated rings. The van der Waals surface area contributed by atoms with Crippen molar-refractivity contribution < 1.29 is 19.1 Å². The maximum Gasteiger partial charge on any atom is 0.193 e. The number of H-pyrrole nitrogens is 1. The van der Waals surface area contributed by atoms with E-state index in [-0.39, 0.29) is 36.3 Å². The number of rotatable bonds is 10. The summed E-state index contributed by atoms with van der Waals surface area (Å²) in [5, 5.41) is 0. The van der Waals surface area contributed by atoms with Crippen molar-refractivity contribution in [2.45, 2.75) is 32.3 Å². The van der Waals surface area contributed by atoms with Gasteiger partial charge in [0.25, 0.3) is 0 Å². The molecule has 6 heteroatoms. The predicted molar refractivity (Wildman–Crippen MR) is 152 cm³/mol. The molecule has 3 aromatic carbocycles. The maximum absolute atomic E-state index is 13.0. The summed E-state index contributed by atoms with van der Waals surface area (Å²) in [6, 6.07) is 25.7. The van der Waals surface area contributed by atoms with Gasteiger partial charge >= 0.3 is 0 Å². The molecule has 0 aliphatic carbocycles. The molecule has 0 spiro atoms. The number of ether oxygens (including phenoxy) is 1. The van der Waals surface area contributed by atoms with E-state index in [9.17, 15) is 14.4 Å². The third kappa shape index (κ3) is 6.41. The summed E-state index contributed by atoms with van der Waals surface area (Å²) in [5.41, 5.74) is 5.18. The van der Waals surface area contributed by atoms with Crippen LogP contribution in [0.5, 0.6) is 0 Å². The van der Waals surface area contributed by atoms with Crippen LogP contribution in [-0.2, 0) is 17.6 Å². The number of ketones is 3. The van der Waals surface area contributed by atoms with E-state index in [4.69, 9.17) is 4.74 Å². The molecule has 1 unspecified atom stereocenters. The van der Waals surface area contributed by atoms with Gasteiger partial charge in [-0.2, -0.15) is 0 Å². The predicted octanol–water partition coefficient (Wildman–Crippen LogP) is 5.71. The minimum absolute atomic E-state index is 0.00220. The monoisotopic (exact) mass is 520 g/mol. The van der Waals surface area contributed by atoms with Gasteiger partial charge in [0, 0.05) is 54.5 Å². The van der Waals surface area contributed by atoms with Crippen molar-refractivity contribution >= 4 is 23.0 Å². The molecular formula is C33H32N2O4. The van der Waals surface area contributed by atoms with Crippen LogP contribution in [0.2, 0.25) is 0 Å². The van der Waals surface area contributed by atoms with Gasteiger partial charge in [-0.1, -0.05) is 55.5 Å². The summed E-state index contributed by atoms with van der Waals surface area (Å²) in [4.78, 5) is 43.4. The number of benzene rings is 3. The first kappa shape index (κ1) is 26.3. The quantitative estimate of drug-likeness (QED) is 0.271. The highest BCUT2D eigenvalue weighted by atomic mass is 16.5. The van der Waals surface area contributed by atoms with Gasteiger partial charge in [0.05, 0.1) is 18.4 Å². The number of hydrogen-bond acceptors (Lipinski definition) is 5. The largest absolute Gasteiger partial charge is 0.375 e. The molecule has 0 amide bonds. The third-order valence-corrected chi connectivity index (χ3v) is 7.21. The number of carbonyl (C=O) groups is 3. The van der Waals surface area contributed by atoms with Crippen LogP contribution >= 0.6 is 0 Å². The molecular weight excluding hydrogens is 488 g/mol. The Balaban J connectivity index is 1.17. The number of anilines is 1. The molecule has 198 valence electrons. The minimum Gasteiger partial charge on any atom is -0.375 e. The highest BCUT2D eigenvalue weighted by Crippen LogP contribution is 2.21. The lowest BCUT2D eigenvalue weighted by molar-refractivity contribution is 0.0384. The van der Waals surface area contributed by atoms with Crippen LogP contribution in [0.4, 0.5) is 5.69 Å². The van der Waals surface area contributed by atoms with E-state index in [1.165, 1.54) is 0 Å². The average Bonchev–Trinajstić information content (AvgIpc) is 3.53. The first-order valence-corrected chi connectivity index (χ1v) is 13.4. The minimum atomic E-state index is -0.0980. The van der Waals surface area contributed by atoms with E-state index in [1.807, 2.05) is 48.5 Å². The Morgan fingerprint density at radius 2 is 1.38 bits per heavy atom. The summed E-state index contributed by atoms with van der Waals surface area (Å²) >= 11 is 0. The molecule has 1 aromatic heterocycles. The third-order valence-electron chi connectivity index (χ3n) is 7.21.